The fraction of sp³-hybridized carbons (Fsp3) is 0.381. The van der Waals surface area contributed by atoms with Gasteiger partial charge in [0.1, 0.15) is 11.6 Å². The van der Waals surface area contributed by atoms with Crippen LogP contribution in [0.1, 0.15) is 47.6 Å². The van der Waals surface area contributed by atoms with E-state index < -0.39 is 0 Å². The second kappa shape index (κ2) is 8.08. The Bertz CT molecular complexity index is 1030. The van der Waals surface area contributed by atoms with Crippen LogP contribution in [0.5, 0.6) is 0 Å². The molecule has 0 unspecified atom stereocenters. The van der Waals surface area contributed by atoms with Gasteiger partial charge in [0.15, 0.2) is 0 Å². The van der Waals surface area contributed by atoms with E-state index in [2.05, 4.69) is 30.6 Å². The molecule has 1 saturated carbocycles. The van der Waals surface area contributed by atoms with Crippen molar-refractivity contribution in [3.05, 3.63) is 47.5 Å². The molecule has 8 nitrogen and oxygen atoms in total. The fourth-order valence-electron chi connectivity index (χ4n) is 3.68. The minimum absolute atomic E-state index is 0.213. The van der Waals surface area contributed by atoms with E-state index in [1.807, 2.05) is 19.1 Å². The summed E-state index contributed by atoms with van der Waals surface area (Å²) in [5.74, 6) is 1.28. The number of benzene rings is 1. The number of fused-ring (bicyclic) bond motifs is 1. The first kappa shape index (κ1) is 19.2. The van der Waals surface area contributed by atoms with Crippen molar-refractivity contribution in [3.63, 3.8) is 0 Å². The highest BCUT2D eigenvalue weighted by Crippen LogP contribution is 2.23. The van der Waals surface area contributed by atoms with E-state index in [-0.39, 0.29) is 18.1 Å². The summed E-state index contributed by atoms with van der Waals surface area (Å²) in [6.07, 6.45) is 4.80. The first-order chi connectivity index (χ1) is 14.0. The second-order valence-electron chi connectivity index (χ2n) is 7.48. The summed E-state index contributed by atoms with van der Waals surface area (Å²) >= 11 is 0. The van der Waals surface area contributed by atoms with Gasteiger partial charge in [-0.15, -0.1) is 0 Å². The van der Waals surface area contributed by atoms with Crippen LogP contribution in [0, 0.1) is 13.8 Å². The standard InChI is InChI=1S/C21H24N6O2/c1-12-10-18(24-13(2)23-12)26-20(29)17-5-3-4-14-11-22-21(27-19(14)17)25-15-6-8-16(28)9-7-15/h3-5,10-11,15-16,28H,6-9H2,1-2H3,(H,22,25,27)(H,23,24,26,29). The van der Waals surface area contributed by atoms with Crippen LogP contribution in [0.4, 0.5) is 11.8 Å². The summed E-state index contributed by atoms with van der Waals surface area (Å²) in [4.78, 5) is 30.4. The summed E-state index contributed by atoms with van der Waals surface area (Å²) in [5, 5.41) is 16.6. The molecule has 0 saturated heterocycles. The van der Waals surface area contributed by atoms with Gasteiger partial charge in [-0.3, -0.25) is 4.79 Å². The van der Waals surface area contributed by atoms with E-state index in [4.69, 9.17) is 0 Å². The normalized spacial score (nSPS) is 19.1. The Hall–Kier alpha value is -3.13. The smallest absolute Gasteiger partial charge is 0.259 e. The summed E-state index contributed by atoms with van der Waals surface area (Å²) < 4.78 is 0. The van der Waals surface area contributed by atoms with Crippen molar-refractivity contribution in [2.24, 2.45) is 0 Å². The maximum atomic E-state index is 12.9. The van der Waals surface area contributed by atoms with Crippen molar-refractivity contribution in [2.45, 2.75) is 51.7 Å². The second-order valence-corrected chi connectivity index (χ2v) is 7.48. The Morgan fingerprint density at radius 1 is 1.10 bits per heavy atom. The molecule has 3 N–H and O–H groups in total. The van der Waals surface area contributed by atoms with Crippen LogP contribution in [0.3, 0.4) is 0 Å². The number of carbonyl (C=O) groups is 1. The highest BCUT2D eigenvalue weighted by atomic mass is 16.3. The van der Waals surface area contributed by atoms with Crippen LogP contribution in [-0.2, 0) is 0 Å². The van der Waals surface area contributed by atoms with Gasteiger partial charge in [-0.2, -0.15) is 0 Å². The molecular weight excluding hydrogens is 368 g/mol. The van der Waals surface area contributed by atoms with Gasteiger partial charge in [-0.1, -0.05) is 12.1 Å². The highest BCUT2D eigenvalue weighted by Gasteiger charge is 2.20. The van der Waals surface area contributed by atoms with Crippen LogP contribution in [0.25, 0.3) is 10.9 Å². The number of nitrogens with one attached hydrogen (secondary N) is 2. The summed E-state index contributed by atoms with van der Waals surface area (Å²) in [6, 6.07) is 7.39. The number of rotatable bonds is 4. The third-order valence-electron chi connectivity index (χ3n) is 5.09. The van der Waals surface area contributed by atoms with Crippen molar-refractivity contribution in [1.82, 2.24) is 19.9 Å². The average Bonchev–Trinajstić information content (AvgIpc) is 2.68. The molecule has 29 heavy (non-hydrogen) atoms. The molecule has 1 aliphatic rings. The molecule has 1 aromatic carbocycles. The number of hydrogen-bond donors (Lipinski definition) is 3. The number of para-hydroxylation sites is 1. The molecule has 1 fully saturated rings. The minimum atomic E-state index is -0.279. The lowest BCUT2D eigenvalue weighted by atomic mass is 9.93. The molecule has 1 aliphatic carbocycles. The lowest BCUT2D eigenvalue weighted by Gasteiger charge is -2.26. The quantitative estimate of drug-likeness (QED) is 0.625. The van der Waals surface area contributed by atoms with Gasteiger partial charge in [0.25, 0.3) is 5.91 Å². The first-order valence-corrected chi connectivity index (χ1v) is 9.82. The van der Waals surface area contributed by atoms with Crippen LogP contribution in [0.15, 0.2) is 30.5 Å². The van der Waals surface area contributed by atoms with Crippen molar-refractivity contribution >= 4 is 28.6 Å². The van der Waals surface area contributed by atoms with Gasteiger partial charge in [0, 0.05) is 29.4 Å². The monoisotopic (exact) mass is 392 g/mol. The number of hydrogen-bond acceptors (Lipinski definition) is 7. The number of aliphatic hydroxyl groups excluding tert-OH is 1. The predicted octanol–water partition coefficient (Wildman–Crippen LogP) is 3.00. The zero-order valence-electron chi connectivity index (χ0n) is 16.5. The molecule has 8 heteroatoms. The molecular formula is C21H24N6O2. The fourth-order valence-corrected chi connectivity index (χ4v) is 3.68. The molecule has 0 radical (unpaired) electrons. The Kier molecular flexibility index (Phi) is 5.35. The molecule has 2 aromatic heterocycles. The maximum absolute atomic E-state index is 12.9. The predicted molar refractivity (Wildman–Crippen MR) is 111 cm³/mol. The zero-order chi connectivity index (χ0) is 20.4. The van der Waals surface area contributed by atoms with Gasteiger partial charge in [-0.25, -0.2) is 19.9 Å². The lowest BCUT2D eigenvalue weighted by Crippen LogP contribution is -2.29. The van der Waals surface area contributed by atoms with E-state index in [9.17, 15) is 9.90 Å². The average molecular weight is 392 g/mol. The van der Waals surface area contributed by atoms with Gasteiger partial charge in [0.2, 0.25) is 5.95 Å². The van der Waals surface area contributed by atoms with Crippen molar-refractivity contribution in [3.8, 4) is 0 Å². The first-order valence-electron chi connectivity index (χ1n) is 9.82. The lowest BCUT2D eigenvalue weighted by molar-refractivity contribution is 0.102. The largest absolute Gasteiger partial charge is 0.393 e. The molecule has 1 amide bonds. The molecule has 0 spiro atoms. The third-order valence-corrected chi connectivity index (χ3v) is 5.09. The minimum Gasteiger partial charge on any atom is -0.393 e. The summed E-state index contributed by atoms with van der Waals surface area (Å²) in [7, 11) is 0. The van der Waals surface area contributed by atoms with Crippen LogP contribution >= 0.6 is 0 Å². The molecule has 3 aromatic rings. The molecule has 0 aliphatic heterocycles. The summed E-state index contributed by atoms with van der Waals surface area (Å²) in [6.45, 7) is 3.65. The topological polar surface area (TPSA) is 113 Å². The Labute approximate surface area is 168 Å². The Morgan fingerprint density at radius 2 is 1.90 bits per heavy atom. The Morgan fingerprint density at radius 3 is 2.66 bits per heavy atom. The zero-order valence-corrected chi connectivity index (χ0v) is 16.5. The molecule has 2 heterocycles. The van der Waals surface area contributed by atoms with E-state index >= 15 is 0 Å². The highest BCUT2D eigenvalue weighted by molar-refractivity contribution is 6.11. The van der Waals surface area contributed by atoms with Gasteiger partial charge in [0.05, 0.1) is 17.2 Å². The number of aryl methyl sites for hydroxylation is 2. The van der Waals surface area contributed by atoms with E-state index in [0.29, 0.717) is 28.7 Å². The molecule has 4 rings (SSSR count). The number of aromatic nitrogens is 4. The maximum Gasteiger partial charge on any atom is 0.259 e. The SMILES string of the molecule is Cc1cc(NC(=O)c2cccc3cnc(NC4CCC(O)CC4)nc23)nc(C)n1. The molecule has 150 valence electrons. The van der Waals surface area contributed by atoms with Gasteiger partial charge >= 0.3 is 0 Å². The molecule has 0 bridgehead atoms. The Balaban J connectivity index is 1.59. The number of carbonyl (C=O) groups excluding carboxylic acids is 1. The molecule has 0 atom stereocenters. The number of nitrogens with zero attached hydrogens (tertiary/aromatic N) is 4. The van der Waals surface area contributed by atoms with Crippen LogP contribution < -0.4 is 10.6 Å². The van der Waals surface area contributed by atoms with Crippen molar-refractivity contribution in [2.75, 3.05) is 10.6 Å². The van der Waals surface area contributed by atoms with Crippen molar-refractivity contribution in [1.29, 1.82) is 0 Å². The third kappa shape index (κ3) is 4.48. The van der Waals surface area contributed by atoms with E-state index in [1.165, 1.54) is 0 Å². The van der Waals surface area contributed by atoms with Crippen molar-refractivity contribution < 1.29 is 9.90 Å². The van der Waals surface area contributed by atoms with E-state index in [1.54, 1.807) is 25.3 Å². The van der Waals surface area contributed by atoms with Gasteiger partial charge < -0.3 is 15.7 Å². The van der Waals surface area contributed by atoms with Gasteiger partial charge in [-0.05, 0) is 45.6 Å². The number of aliphatic hydroxyl groups is 1. The number of amides is 1. The van der Waals surface area contributed by atoms with E-state index in [0.717, 1.165) is 36.8 Å². The van der Waals surface area contributed by atoms with Crippen LogP contribution in [-0.4, -0.2) is 43.1 Å². The number of anilines is 2. The van der Waals surface area contributed by atoms with Crippen LogP contribution in [0.2, 0.25) is 0 Å². The summed E-state index contributed by atoms with van der Waals surface area (Å²) in [5.41, 5.74) is 1.83.